The molecule has 0 radical (unpaired) electrons. The largest absolute Gasteiger partial charge is 0.490 e. The fourth-order valence-electron chi connectivity index (χ4n) is 4.71. The number of nitro benzene ring substituents is 1. The zero-order valence-electron chi connectivity index (χ0n) is 26.0. The van der Waals surface area contributed by atoms with Crippen LogP contribution in [-0.2, 0) is 19.1 Å². The summed E-state index contributed by atoms with van der Waals surface area (Å²) in [6, 6.07) is 6.85. The van der Waals surface area contributed by atoms with Crippen LogP contribution in [0.2, 0.25) is 0 Å². The Balaban J connectivity index is 1.92. The normalized spacial score (nSPS) is 14.4. The van der Waals surface area contributed by atoms with Gasteiger partial charge in [-0.15, -0.1) is 0 Å². The van der Waals surface area contributed by atoms with E-state index in [2.05, 4.69) is 25.7 Å². The highest BCUT2D eigenvalue weighted by atomic mass is 79.9. The van der Waals surface area contributed by atoms with Crippen LogP contribution in [0.4, 0.5) is 5.69 Å². The molecule has 0 unspecified atom stereocenters. The Hall–Kier alpha value is -4.50. The quantitative estimate of drug-likeness (QED) is 0.151. The van der Waals surface area contributed by atoms with Gasteiger partial charge in [-0.3, -0.25) is 19.5 Å². The fraction of sp³-hybridized carbons (Fsp3) is 0.355. The predicted octanol–water partition coefficient (Wildman–Crippen LogP) is 4.21. The first-order valence-electron chi connectivity index (χ1n) is 14.2. The Morgan fingerprint density at radius 3 is 2.52 bits per heavy atom. The van der Waals surface area contributed by atoms with Gasteiger partial charge in [0.2, 0.25) is 5.75 Å². The van der Waals surface area contributed by atoms with E-state index < -0.39 is 28.5 Å². The van der Waals surface area contributed by atoms with Gasteiger partial charge in [-0.05, 0) is 86.0 Å². The number of hydrogen-bond donors (Lipinski definition) is 0. The summed E-state index contributed by atoms with van der Waals surface area (Å²) in [7, 11) is 1.25. The molecule has 1 aliphatic heterocycles. The van der Waals surface area contributed by atoms with Gasteiger partial charge in [-0.1, -0.05) is 17.4 Å². The molecule has 1 aliphatic rings. The number of esters is 2. The topological polar surface area (TPSA) is 158 Å². The Labute approximate surface area is 276 Å². The zero-order valence-corrected chi connectivity index (χ0v) is 28.4. The lowest BCUT2D eigenvalue weighted by Gasteiger charge is -2.25. The molecule has 0 N–H and O–H groups in total. The number of thiazole rings is 1. The van der Waals surface area contributed by atoms with Gasteiger partial charge in [0.05, 0.1) is 57.7 Å². The number of methoxy groups -OCH3 is 1. The first-order chi connectivity index (χ1) is 21.9. The van der Waals surface area contributed by atoms with Crippen molar-refractivity contribution in [1.29, 1.82) is 0 Å². The van der Waals surface area contributed by atoms with E-state index in [1.807, 2.05) is 0 Å². The van der Waals surface area contributed by atoms with Crippen LogP contribution in [0.3, 0.4) is 0 Å². The summed E-state index contributed by atoms with van der Waals surface area (Å²) >= 11 is 4.44. The van der Waals surface area contributed by atoms with Gasteiger partial charge in [0.1, 0.15) is 0 Å². The molecule has 15 heteroatoms. The number of aromatic nitrogens is 1. The third-order valence-corrected chi connectivity index (χ3v) is 8.14. The summed E-state index contributed by atoms with van der Waals surface area (Å²) in [6.45, 7) is 8.64. The summed E-state index contributed by atoms with van der Waals surface area (Å²) < 4.78 is 29.0. The maximum Gasteiger partial charge on any atom is 0.343 e. The van der Waals surface area contributed by atoms with Crippen molar-refractivity contribution in [2.75, 3.05) is 26.9 Å². The number of allylic oxidation sites excluding steroid dienone is 1. The van der Waals surface area contributed by atoms with E-state index in [0.717, 1.165) is 11.3 Å². The van der Waals surface area contributed by atoms with E-state index in [9.17, 15) is 24.5 Å². The van der Waals surface area contributed by atoms with Crippen LogP contribution in [0.25, 0.3) is 6.08 Å². The summed E-state index contributed by atoms with van der Waals surface area (Å²) in [4.78, 5) is 55.3. The number of hydrogen-bond acceptors (Lipinski definition) is 12. The molecule has 0 saturated carbocycles. The molecule has 2 heterocycles. The van der Waals surface area contributed by atoms with Gasteiger partial charge in [0, 0.05) is 6.07 Å². The van der Waals surface area contributed by atoms with E-state index >= 15 is 0 Å². The highest BCUT2D eigenvalue weighted by molar-refractivity contribution is 9.10. The number of ether oxygens (including phenoxy) is 5. The van der Waals surface area contributed by atoms with Gasteiger partial charge in [-0.25, -0.2) is 14.6 Å². The highest BCUT2D eigenvalue weighted by Gasteiger charge is 2.34. The van der Waals surface area contributed by atoms with E-state index in [1.165, 1.54) is 23.8 Å². The molecule has 0 saturated heterocycles. The number of nitrogens with zero attached hydrogens (tertiary/aromatic N) is 3. The molecule has 1 atom stereocenters. The summed E-state index contributed by atoms with van der Waals surface area (Å²) in [5, 5.41) is 11.9. The third kappa shape index (κ3) is 7.31. The first-order valence-corrected chi connectivity index (χ1v) is 15.8. The second-order valence-electron chi connectivity index (χ2n) is 10.1. The third-order valence-electron chi connectivity index (χ3n) is 6.57. The number of halogens is 1. The van der Waals surface area contributed by atoms with Crippen LogP contribution in [0.1, 0.15) is 51.8 Å². The number of fused-ring (bicyclic) bond motifs is 1. The molecule has 4 rings (SSSR count). The molecule has 0 bridgehead atoms. The zero-order chi connectivity index (χ0) is 33.7. The lowest BCUT2D eigenvalue weighted by Crippen LogP contribution is -2.40. The molecule has 46 heavy (non-hydrogen) atoms. The number of benzene rings is 2. The Morgan fingerprint density at radius 2 is 1.89 bits per heavy atom. The minimum atomic E-state index is -0.964. The van der Waals surface area contributed by atoms with E-state index in [-0.39, 0.29) is 59.0 Å². The van der Waals surface area contributed by atoms with Crippen molar-refractivity contribution in [3.8, 4) is 17.2 Å². The van der Waals surface area contributed by atoms with Gasteiger partial charge >= 0.3 is 17.6 Å². The summed E-state index contributed by atoms with van der Waals surface area (Å²) in [5.74, 6) is -0.602. The Kier molecular flexibility index (Phi) is 11.0. The van der Waals surface area contributed by atoms with Crippen LogP contribution >= 0.6 is 27.3 Å². The van der Waals surface area contributed by atoms with Crippen LogP contribution in [0.5, 0.6) is 17.2 Å². The minimum Gasteiger partial charge on any atom is -0.490 e. The van der Waals surface area contributed by atoms with Crippen LogP contribution in [-0.4, -0.2) is 54.5 Å². The van der Waals surface area contributed by atoms with Crippen molar-refractivity contribution < 1.29 is 38.2 Å². The van der Waals surface area contributed by atoms with Gasteiger partial charge in [-0.2, -0.15) is 0 Å². The average molecular weight is 719 g/mol. The van der Waals surface area contributed by atoms with Crippen molar-refractivity contribution in [2.45, 2.75) is 46.8 Å². The Bertz CT molecular complexity index is 1900. The number of rotatable bonds is 12. The maximum atomic E-state index is 14.1. The molecule has 1 aromatic heterocycles. The lowest BCUT2D eigenvalue weighted by atomic mass is 9.95. The SMILES string of the molecule is CCOC(=O)C1=C(C)N=c2s/c(=C/c3cc(Br)c(OC(C)C)c([N+](=O)[O-])c3)c(=O)n2[C@H]1c1ccc(OCC(=O)OC)c(OCC)c1. The van der Waals surface area contributed by atoms with Gasteiger partial charge < -0.3 is 23.7 Å². The lowest BCUT2D eigenvalue weighted by molar-refractivity contribution is -0.386. The van der Waals surface area contributed by atoms with E-state index in [0.29, 0.717) is 26.1 Å². The molecule has 244 valence electrons. The molecule has 2 aromatic carbocycles. The van der Waals surface area contributed by atoms with Gasteiger partial charge in [0.25, 0.3) is 5.56 Å². The molecular formula is C31H32BrN3O10S. The minimum absolute atomic E-state index is 0.0810. The molecule has 0 amide bonds. The fourth-order valence-corrected chi connectivity index (χ4v) is 6.31. The van der Waals surface area contributed by atoms with E-state index in [1.54, 1.807) is 58.9 Å². The van der Waals surface area contributed by atoms with Crippen molar-refractivity contribution in [3.63, 3.8) is 0 Å². The van der Waals surface area contributed by atoms with Crippen LogP contribution in [0, 0.1) is 10.1 Å². The van der Waals surface area contributed by atoms with Crippen molar-refractivity contribution in [2.24, 2.45) is 4.99 Å². The van der Waals surface area contributed by atoms with Crippen LogP contribution < -0.4 is 29.1 Å². The second-order valence-corrected chi connectivity index (χ2v) is 11.9. The molecular weight excluding hydrogens is 686 g/mol. The molecule has 0 spiro atoms. The monoisotopic (exact) mass is 717 g/mol. The Morgan fingerprint density at radius 1 is 1.15 bits per heavy atom. The smallest absolute Gasteiger partial charge is 0.343 e. The van der Waals surface area contributed by atoms with Crippen LogP contribution in [0.15, 0.2) is 55.9 Å². The molecule has 0 fully saturated rings. The van der Waals surface area contributed by atoms with Crippen molar-refractivity contribution in [3.05, 3.63) is 87.0 Å². The maximum absolute atomic E-state index is 14.1. The standard InChI is InChI=1S/C31H32BrN3O10S/c1-7-42-23-14-19(9-10-22(23)44-15-25(36)41-6)27-26(30(38)43-8-2)17(5)33-31-34(27)29(37)24(46-31)13-18-11-20(32)28(45-16(3)4)21(12-18)35(39)40/h9-14,16,27H,7-8,15H2,1-6H3/b24-13+/t27-/m0/s1. The molecule has 0 aliphatic carbocycles. The summed E-state index contributed by atoms with van der Waals surface area (Å²) in [6.07, 6.45) is 1.22. The predicted molar refractivity (Wildman–Crippen MR) is 172 cm³/mol. The highest BCUT2D eigenvalue weighted by Crippen LogP contribution is 2.38. The van der Waals surface area contributed by atoms with Crippen molar-refractivity contribution in [1.82, 2.24) is 4.57 Å². The number of nitro groups is 1. The number of carbonyl (C=O) groups is 2. The number of carbonyl (C=O) groups excluding carboxylic acids is 2. The summed E-state index contributed by atoms with van der Waals surface area (Å²) in [5.41, 5.74) is 0.636. The average Bonchev–Trinajstić information content (AvgIpc) is 3.30. The van der Waals surface area contributed by atoms with Gasteiger partial charge in [0.15, 0.2) is 22.9 Å². The van der Waals surface area contributed by atoms with E-state index in [4.69, 9.17) is 18.9 Å². The molecule has 13 nitrogen and oxygen atoms in total. The second kappa shape index (κ2) is 14.7. The first kappa shape index (κ1) is 34.4. The molecule has 3 aromatic rings. The van der Waals surface area contributed by atoms with Crippen molar-refractivity contribution >= 4 is 51.0 Å².